The van der Waals surface area contributed by atoms with Crippen molar-refractivity contribution in [3.05, 3.63) is 52.7 Å². The predicted molar refractivity (Wildman–Crippen MR) is 148 cm³/mol. The van der Waals surface area contributed by atoms with Crippen LogP contribution >= 0.6 is 15.9 Å². The van der Waals surface area contributed by atoms with Crippen LogP contribution in [0.1, 0.15) is 48.7 Å². The van der Waals surface area contributed by atoms with Crippen molar-refractivity contribution >= 4 is 50.2 Å². The molecule has 4 aromatic rings. The van der Waals surface area contributed by atoms with Crippen LogP contribution in [-0.2, 0) is 16.1 Å². The van der Waals surface area contributed by atoms with Gasteiger partial charge in [-0.1, -0.05) is 6.92 Å². The number of rotatable bonds is 6. The number of hydrogen-bond donors (Lipinski definition) is 1. The van der Waals surface area contributed by atoms with Gasteiger partial charge in [0.15, 0.2) is 11.6 Å². The topological polar surface area (TPSA) is 149 Å². The van der Waals surface area contributed by atoms with E-state index in [2.05, 4.69) is 53.2 Å². The number of hydrogen-bond acceptors (Lipinski definition) is 9. The quantitative estimate of drug-likeness (QED) is 0.327. The minimum Gasteiger partial charge on any atom is -0.325 e. The first-order valence-corrected chi connectivity index (χ1v) is 13.6. The van der Waals surface area contributed by atoms with Crippen molar-refractivity contribution in [1.82, 2.24) is 39.6 Å². The molecule has 13 heteroatoms. The van der Waals surface area contributed by atoms with Crippen molar-refractivity contribution in [2.45, 2.75) is 59.2 Å². The number of likely N-dealkylation sites (tertiary alicyclic amines) is 1. The average molecular weight is 604 g/mol. The Balaban J connectivity index is 1.32. The number of halogens is 1. The van der Waals surface area contributed by atoms with Crippen molar-refractivity contribution in [1.29, 1.82) is 0 Å². The van der Waals surface area contributed by atoms with Gasteiger partial charge in [-0.3, -0.25) is 29.0 Å². The lowest BCUT2D eigenvalue weighted by Crippen LogP contribution is -2.46. The highest BCUT2D eigenvalue weighted by molar-refractivity contribution is 9.10. The summed E-state index contributed by atoms with van der Waals surface area (Å²) in [6.45, 7) is 7.02. The van der Waals surface area contributed by atoms with Gasteiger partial charge in [0.25, 0.3) is 0 Å². The maximum Gasteiger partial charge on any atom is 0.248 e. The van der Waals surface area contributed by atoms with Gasteiger partial charge in [0.05, 0.1) is 29.3 Å². The van der Waals surface area contributed by atoms with Crippen molar-refractivity contribution in [3.63, 3.8) is 0 Å². The van der Waals surface area contributed by atoms with E-state index in [1.54, 1.807) is 30.3 Å². The van der Waals surface area contributed by atoms with Crippen LogP contribution in [0.5, 0.6) is 0 Å². The number of fused-ring (bicyclic) bond motifs is 2. The van der Waals surface area contributed by atoms with Crippen molar-refractivity contribution < 1.29 is 14.4 Å². The number of Topliss-reactive ketones (excluding diaryl/α,β-unsaturated/α-hetero) is 1. The number of carbonyl (C=O) groups excluding carboxylic acids is 3. The number of aryl methyl sites for hydroxylation is 2. The third-order valence-electron chi connectivity index (χ3n) is 7.68. The number of nitrogens with one attached hydrogen (secondary N) is 1. The summed E-state index contributed by atoms with van der Waals surface area (Å²) in [5.74, 6) is 0.158. The second-order valence-electron chi connectivity index (χ2n) is 10.7. The maximum absolute atomic E-state index is 13.8. The molecule has 204 valence electrons. The van der Waals surface area contributed by atoms with Crippen LogP contribution in [0.15, 0.2) is 35.5 Å². The Morgan fingerprint density at radius 3 is 2.55 bits per heavy atom. The number of amides is 2. The van der Waals surface area contributed by atoms with Crippen LogP contribution in [0.2, 0.25) is 0 Å². The summed E-state index contributed by atoms with van der Waals surface area (Å²) in [7, 11) is 0. The summed E-state index contributed by atoms with van der Waals surface area (Å²) in [6.07, 6.45) is 7.73. The lowest BCUT2D eigenvalue weighted by atomic mass is 10.0. The number of nitrogens with zero attached hydrogens (tertiary/aromatic N) is 8. The van der Waals surface area contributed by atoms with Gasteiger partial charge in [-0.2, -0.15) is 5.10 Å². The minimum absolute atomic E-state index is 0.0363. The molecule has 1 unspecified atom stereocenters. The monoisotopic (exact) mass is 603 g/mol. The summed E-state index contributed by atoms with van der Waals surface area (Å²) in [5, 5.41) is 7.93. The van der Waals surface area contributed by atoms with Crippen molar-refractivity contribution in [2.24, 2.45) is 5.41 Å². The Kier molecular flexibility index (Phi) is 6.21. The number of anilines is 1. The molecule has 2 aliphatic rings. The Morgan fingerprint density at radius 2 is 1.85 bits per heavy atom. The zero-order valence-corrected chi connectivity index (χ0v) is 23.9. The van der Waals surface area contributed by atoms with E-state index in [9.17, 15) is 14.4 Å². The van der Waals surface area contributed by atoms with Gasteiger partial charge in [0.2, 0.25) is 11.8 Å². The molecule has 2 fully saturated rings. The molecule has 0 aromatic carbocycles. The lowest BCUT2D eigenvalue weighted by Gasteiger charge is -2.26. The van der Waals surface area contributed by atoms with E-state index in [4.69, 9.17) is 4.98 Å². The average Bonchev–Trinajstić information content (AvgIpc) is 3.25. The summed E-state index contributed by atoms with van der Waals surface area (Å²) < 4.78 is 2.02. The predicted octanol–water partition coefficient (Wildman–Crippen LogP) is 3.28. The molecule has 1 saturated carbocycles. The summed E-state index contributed by atoms with van der Waals surface area (Å²) in [6, 6.07) is 1.09. The fourth-order valence-corrected chi connectivity index (χ4v) is 5.94. The molecule has 4 aromatic heterocycles. The normalized spacial score (nSPS) is 21.4. The van der Waals surface area contributed by atoms with E-state index in [0.717, 1.165) is 6.42 Å². The summed E-state index contributed by atoms with van der Waals surface area (Å²) >= 11 is 3.26. The van der Waals surface area contributed by atoms with Gasteiger partial charge in [0.1, 0.15) is 28.7 Å². The Labute approximate surface area is 237 Å². The molecule has 5 heterocycles. The Hall–Kier alpha value is -4.13. The molecule has 1 N–H and O–H groups in total. The second kappa shape index (κ2) is 9.51. The molecule has 12 nitrogen and oxygen atoms in total. The Morgan fingerprint density at radius 1 is 1.10 bits per heavy atom. The van der Waals surface area contributed by atoms with Crippen molar-refractivity contribution in [3.8, 4) is 11.3 Å². The first-order chi connectivity index (χ1) is 19.0. The van der Waals surface area contributed by atoms with Crippen molar-refractivity contribution in [2.75, 3.05) is 5.32 Å². The zero-order chi connectivity index (χ0) is 28.3. The molecule has 1 aliphatic carbocycles. The fraction of sp³-hybridized carbons (Fsp3) is 0.370. The highest BCUT2D eigenvalue weighted by atomic mass is 79.9. The van der Waals surface area contributed by atoms with Gasteiger partial charge in [0, 0.05) is 36.3 Å². The molecule has 40 heavy (non-hydrogen) atoms. The van der Waals surface area contributed by atoms with Gasteiger partial charge < -0.3 is 10.2 Å². The second-order valence-corrected chi connectivity index (χ2v) is 11.5. The minimum atomic E-state index is -0.654. The summed E-state index contributed by atoms with van der Waals surface area (Å²) in [5.41, 5.74) is 2.67. The molecule has 3 atom stereocenters. The molecule has 0 radical (unpaired) electrons. The highest BCUT2D eigenvalue weighted by Crippen LogP contribution is 2.59. The largest absolute Gasteiger partial charge is 0.325 e. The molecule has 1 saturated heterocycles. The highest BCUT2D eigenvalue weighted by Gasteiger charge is 2.64. The van der Waals surface area contributed by atoms with Crippen LogP contribution in [0.4, 0.5) is 5.82 Å². The van der Waals surface area contributed by atoms with Crippen LogP contribution < -0.4 is 5.32 Å². The molecule has 2 amide bonds. The van der Waals surface area contributed by atoms with Gasteiger partial charge in [-0.05, 0) is 54.1 Å². The standard InChI is InChI=1S/C27H26BrN9O3/c1-13-25-17(5-18(32-13)16-8-30-15(3)31-9-16)24(14(2)38)35-36(25)12-23(39)37-19(6-27(4)7-20(27)37)26(40)34-22-11-29-10-21(28)33-22/h5,8-11,19-20H,6-7,12H2,1-4H3,(H,33,34,40)/t19-,20?,27-/m0/s1. The fourth-order valence-electron chi connectivity index (χ4n) is 5.63. The van der Waals surface area contributed by atoms with Gasteiger partial charge in [-0.25, -0.2) is 15.0 Å². The van der Waals surface area contributed by atoms with E-state index in [0.29, 0.717) is 50.5 Å². The van der Waals surface area contributed by atoms with E-state index in [-0.39, 0.29) is 41.3 Å². The van der Waals surface area contributed by atoms with E-state index >= 15 is 0 Å². The van der Waals surface area contributed by atoms with Gasteiger partial charge >= 0.3 is 0 Å². The third kappa shape index (κ3) is 4.53. The third-order valence-corrected chi connectivity index (χ3v) is 8.06. The lowest BCUT2D eigenvalue weighted by molar-refractivity contribution is -0.138. The first kappa shape index (κ1) is 26.1. The molecule has 6 rings (SSSR count). The molecular weight excluding hydrogens is 578 g/mol. The number of aromatic nitrogens is 7. The zero-order valence-electron chi connectivity index (χ0n) is 22.3. The number of piperidine rings is 1. The maximum atomic E-state index is 13.8. The smallest absolute Gasteiger partial charge is 0.248 e. The number of carbonyl (C=O) groups is 3. The molecular formula is C27H26BrN9O3. The number of ketones is 1. The Bertz CT molecular complexity index is 1700. The van der Waals surface area contributed by atoms with Gasteiger partial charge in [-0.15, -0.1) is 0 Å². The van der Waals surface area contributed by atoms with Crippen LogP contribution in [-0.4, -0.2) is 69.3 Å². The first-order valence-electron chi connectivity index (χ1n) is 12.8. The van der Waals surface area contributed by atoms with Crippen LogP contribution in [0, 0.1) is 19.3 Å². The van der Waals surface area contributed by atoms with E-state index in [1.165, 1.54) is 24.0 Å². The summed E-state index contributed by atoms with van der Waals surface area (Å²) in [4.78, 5) is 62.8. The van der Waals surface area contributed by atoms with Crippen LogP contribution in [0.25, 0.3) is 22.2 Å². The molecule has 0 spiro atoms. The number of pyridine rings is 1. The SMILES string of the molecule is CC(=O)c1nn(CC(=O)N2C3C[C@]3(C)C[C@H]2C(=O)Nc2cncc(Br)n2)c2c(C)nc(-c3cnc(C)nc3)cc12. The van der Waals surface area contributed by atoms with Crippen LogP contribution in [0.3, 0.4) is 0 Å². The molecule has 0 bridgehead atoms. The van der Waals surface area contributed by atoms with E-state index < -0.39 is 6.04 Å². The molecule has 1 aliphatic heterocycles. The van der Waals surface area contributed by atoms with E-state index in [1.807, 2.05) is 6.92 Å².